The van der Waals surface area contributed by atoms with E-state index >= 15 is 0 Å². The van der Waals surface area contributed by atoms with Crippen molar-refractivity contribution >= 4 is 35.4 Å². The summed E-state index contributed by atoms with van der Waals surface area (Å²) in [5, 5.41) is 5.07. The predicted octanol–water partition coefficient (Wildman–Crippen LogP) is 3.94. The summed E-state index contributed by atoms with van der Waals surface area (Å²) in [6, 6.07) is 10.1. The normalized spacial score (nSPS) is 18.1. The molecule has 2 N–H and O–H groups in total. The number of halogens is 3. The Balaban J connectivity index is 1.55. The molecule has 0 saturated carbocycles. The van der Waals surface area contributed by atoms with Gasteiger partial charge in [-0.25, -0.2) is 9.59 Å². The van der Waals surface area contributed by atoms with Crippen molar-refractivity contribution < 1.29 is 32.3 Å². The number of carbonyl (C=O) groups is 3. The number of ether oxygens (including phenoxy) is 1. The number of esters is 1. The first-order valence-electron chi connectivity index (χ1n) is 9.76. The molecule has 0 unspecified atom stereocenters. The molecule has 2 aromatic carbocycles. The standard InChI is InChI=1S/C22H18F3N3O4S/c1-33-15-7-5-12(6-8-15)19-18-16(11-32-20(18)30)28(21(31)27-19)10-17(29)26-14-4-2-3-13(9-14)22(23,24)25/h2-9,19H,10-11H2,1H3,(H,26,29)(H,27,31)/t19-/m1/s1. The first-order valence-corrected chi connectivity index (χ1v) is 11.0. The number of thioether (sulfide) groups is 1. The van der Waals surface area contributed by atoms with Gasteiger partial charge in [-0.05, 0) is 42.2 Å². The van der Waals surface area contributed by atoms with Crippen LogP contribution < -0.4 is 10.6 Å². The first-order chi connectivity index (χ1) is 15.7. The second-order valence-corrected chi connectivity index (χ2v) is 8.18. The Morgan fingerprint density at radius 3 is 2.61 bits per heavy atom. The molecule has 3 amide bonds. The fourth-order valence-corrected chi connectivity index (χ4v) is 4.05. The number of benzene rings is 2. The highest BCUT2D eigenvalue weighted by Gasteiger charge is 2.42. The maximum Gasteiger partial charge on any atom is 0.416 e. The van der Waals surface area contributed by atoms with Gasteiger partial charge in [0.15, 0.2) is 0 Å². The summed E-state index contributed by atoms with van der Waals surface area (Å²) >= 11 is 1.55. The molecule has 172 valence electrons. The van der Waals surface area contributed by atoms with Crippen molar-refractivity contribution in [1.29, 1.82) is 0 Å². The zero-order chi connectivity index (χ0) is 23.8. The Hall–Kier alpha value is -3.47. The molecule has 0 fully saturated rings. The number of cyclic esters (lactones) is 1. The number of amides is 3. The van der Waals surface area contributed by atoms with E-state index in [9.17, 15) is 27.6 Å². The van der Waals surface area contributed by atoms with Crippen LogP contribution >= 0.6 is 11.8 Å². The van der Waals surface area contributed by atoms with Crippen molar-refractivity contribution in [2.75, 3.05) is 24.7 Å². The molecule has 0 radical (unpaired) electrons. The molecule has 0 aromatic heterocycles. The molecule has 0 spiro atoms. The van der Waals surface area contributed by atoms with Crippen LogP contribution in [0.4, 0.5) is 23.7 Å². The van der Waals surface area contributed by atoms with Crippen LogP contribution in [0.5, 0.6) is 0 Å². The van der Waals surface area contributed by atoms with Crippen molar-refractivity contribution in [3.05, 3.63) is 70.9 Å². The molecule has 7 nitrogen and oxygen atoms in total. The van der Waals surface area contributed by atoms with Crippen molar-refractivity contribution in [1.82, 2.24) is 10.2 Å². The Labute approximate surface area is 191 Å². The Morgan fingerprint density at radius 1 is 1.21 bits per heavy atom. The molecule has 0 bridgehead atoms. The quantitative estimate of drug-likeness (QED) is 0.503. The third-order valence-electron chi connectivity index (χ3n) is 5.22. The lowest BCUT2D eigenvalue weighted by Crippen LogP contribution is -2.49. The molecule has 2 heterocycles. The number of urea groups is 1. The van der Waals surface area contributed by atoms with Gasteiger partial charge in [0.1, 0.15) is 13.2 Å². The summed E-state index contributed by atoms with van der Waals surface area (Å²) in [5.41, 5.74) is 0.180. The van der Waals surface area contributed by atoms with Gasteiger partial charge in [-0.2, -0.15) is 13.2 Å². The van der Waals surface area contributed by atoms with Crippen LogP contribution in [0.3, 0.4) is 0 Å². The van der Waals surface area contributed by atoms with E-state index in [4.69, 9.17) is 4.74 Å². The summed E-state index contributed by atoms with van der Waals surface area (Å²) in [7, 11) is 0. The molecule has 0 aliphatic carbocycles. The fraction of sp³-hybridized carbons (Fsp3) is 0.227. The molecule has 0 saturated heterocycles. The van der Waals surface area contributed by atoms with Crippen molar-refractivity contribution in [2.45, 2.75) is 17.1 Å². The van der Waals surface area contributed by atoms with Crippen LogP contribution in [-0.4, -0.2) is 42.2 Å². The first kappa shape index (κ1) is 22.7. The number of nitrogens with zero attached hydrogens (tertiary/aromatic N) is 1. The number of anilines is 1. The van der Waals surface area contributed by atoms with Crippen molar-refractivity contribution in [3.63, 3.8) is 0 Å². The van der Waals surface area contributed by atoms with Gasteiger partial charge in [0.25, 0.3) is 0 Å². The third-order valence-corrected chi connectivity index (χ3v) is 5.97. The maximum atomic E-state index is 12.9. The van der Waals surface area contributed by atoms with Crippen molar-refractivity contribution in [2.24, 2.45) is 0 Å². The zero-order valence-electron chi connectivity index (χ0n) is 17.2. The number of hydrogen-bond donors (Lipinski definition) is 2. The second-order valence-electron chi connectivity index (χ2n) is 7.31. The number of alkyl halides is 3. The summed E-state index contributed by atoms with van der Waals surface area (Å²) in [6.07, 6.45) is -2.63. The van der Waals surface area contributed by atoms with Crippen LogP contribution in [0.2, 0.25) is 0 Å². The fourth-order valence-electron chi connectivity index (χ4n) is 3.64. The smallest absolute Gasteiger partial charge is 0.416 e. The summed E-state index contributed by atoms with van der Waals surface area (Å²) in [4.78, 5) is 39.8. The highest BCUT2D eigenvalue weighted by atomic mass is 32.2. The SMILES string of the molecule is CSc1ccc([C@H]2NC(=O)N(CC(=O)Nc3cccc(C(F)(F)F)c3)C3=C2C(=O)OC3)cc1. The van der Waals surface area contributed by atoms with Gasteiger partial charge < -0.3 is 15.4 Å². The molecule has 2 aliphatic heterocycles. The van der Waals surface area contributed by atoms with Crippen molar-refractivity contribution in [3.8, 4) is 0 Å². The largest absolute Gasteiger partial charge is 0.456 e. The van der Waals surface area contributed by atoms with Gasteiger partial charge in [-0.1, -0.05) is 18.2 Å². The lowest BCUT2D eigenvalue weighted by molar-refractivity contribution is -0.138. The van der Waals surface area contributed by atoms with Gasteiger partial charge in [-0.3, -0.25) is 9.69 Å². The number of carbonyl (C=O) groups excluding carboxylic acids is 3. The van der Waals surface area contributed by atoms with E-state index in [2.05, 4.69) is 10.6 Å². The second kappa shape index (κ2) is 8.81. The maximum absolute atomic E-state index is 12.9. The summed E-state index contributed by atoms with van der Waals surface area (Å²) < 4.78 is 43.8. The van der Waals surface area contributed by atoms with Crippen LogP contribution in [0.25, 0.3) is 0 Å². The minimum absolute atomic E-state index is 0.0630. The van der Waals surface area contributed by atoms with Gasteiger partial charge in [0, 0.05) is 10.6 Å². The average molecular weight is 477 g/mol. The van der Waals surface area contributed by atoms with Gasteiger partial charge >= 0.3 is 18.2 Å². The van der Waals surface area contributed by atoms with Crippen LogP contribution in [-0.2, 0) is 20.5 Å². The van der Waals surface area contributed by atoms with Gasteiger partial charge in [0.05, 0.1) is 22.9 Å². The highest BCUT2D eigenvalue weighted by Crippen LogP contribution is 2.35. The number of rotatable bonds is 5. The minimum atomic E-state index is -4.56. The molecule has 33 heavy (non-hydrogen) atoms. The molecular formula is C22H18F3N3O4S. The van der Waals surface area contributed by atoms with E-state index < -0.39 is 42.2 Å². The van der Waals surface area contributed by atoms with Crippen LogP contribution in [0, 0.1) is 0 Å². The summed E-state index contributed by atoms with van der Waals surface area (Å²) in [6.45, 7) is -0.687. The molecular weight excluding hydrogens is 459 g/mol. The molecule has 11 heteroatoms. The Kier molecular flexibility index (Phi) is 6.07. The van der Waals surface area contributed by atoms with E-state index in [0.717, 1.165) is 21.9 Å². The molecule has 2 aliphatic rings. The topological polar surface area (TPSA) is 87.7 Å². The third kappa shape index (κ3) is 4.68. The zero-order valence-corrected chi connectivity index (χ0v) is 18.0. The molecule has 1 atom stereocenters. The molecule has 4 rings (SSSR count). The number of hydrogen-bond acceptors (Lipinski definition) is 5. The van der Waals surface area contributed by atoms with E-state index in [1.165, 1.54) is 12.1 Å². The molecule has 2 aromatic rings. The van der Waals surface area contributed by atoms with Crippen LogP contribution in [0.15, 0.2) is 64.7 Å². The minimum Gasteiger partial charge on any atom is -0.456 e. The van der Waals surface area contributed by atoms with E-state index in [0.29, 0.717) is 5.56 Å². The van der Waals surface area contributed by atoms with Gasteiger partial charge in [0.2, 0.25) is 5.91 Å². The van der Waals surface area contributed by atoms with Gasteiger partial charge in [-0.15, -0.1) is 11.8 Å². The monoisotopic (exact) mass is 477 g/mol. The number of nitrogens with one attached hydrogen (secondary N) is 2. The highest BCUT2D eigenvalue weighted by molar-refractivity contribution is 7.98. The summed E-state index contributed by atoms with van der Waals surface area (Å²) in [5.74, 6) is -1.33. The Bertz CT molecular complexity index is 1150. The lowest BCUT2D eigenvalue weighted by atomic mass is 9.96. The van der Waals surface area contributed by atoms with E-state index in [-0.39, 0.29) is 23.6 Å². The predicted molar refractivity (Wildman–Crippen MR) is 114 cm³/mol. The average Bonchev–Trinajstić information content (AvgIpc) is 3.16. The van der Waals surface area contributed by atoms with E-state index in [1.54, 1.807) is 23.9 Å². The van der Waals surface area contributed by atoms with E-state index in [1.807, 2.05) is 18.4 Å². The Morgan fingerprint density at radius 2 is 1.94 bits per heavy atom. The van der Waals surface area contributed by atoms with Crippen LogP contribution in [0.1, 0.15) is 17.2 Å². The lowest BCUT2D eigenvalue weighted by Gasteiger charge is -2.32.